The number of pyridine rings is 1. The number of hydrogen-bond acceptors (Lipinski definition) is 5. The maximum atomic E-state index is 11.3. The van der Waals surface area contributed by atoms with Gasteiger partial charge in [0.15, 0.2) is 0 Å². The van der Waals surface area contributed by atoms with Gasteiger partial charge in [-0.1, -0.05) is 6.07 Å². The van der Waals surface area contributed by atoms with Gasteiger partial charge in [0.05, 0.1) is 18.8 Å². The number of rotatable bonds is 6. The van der Waals surface area contributed by atoms with Crippen molar-refractivity contribution in [1.82, 2.24) is 9.88 Å². The van der Waals surface area contributed by atoms with E-state index in [1.54, 1.807) is 13.1 Å². The van der Waals surface area contributed by atoms with Crippen molar-refractivity contribution in [3.8, 4) is 0 Å². The average Bonchev–Trinajstić information content (AvgIpc) is 2.29. The number of esters is 1. The van der Waals surface area contributed by atoms with Gasteiger partial charge in [0, 0.05) is 19.3 Å². The fraction of sp³-hybridized carbons (Fsp3) is 0.500. The van der Waals surface area contributed by atoms with E-state index in [1.165, 1.54) is 0 Å². The van der Waals surface area contributed by atoms with Gasteiger partial charge in [-0.15, -0.1) is 0 Å². The van der Waals surface area contributed by atoms with Crippen molar-refractivity contribution < 1.29 is 9.53 Å². The molecule has 94 valence electrons. The highest BCUT2D eigenvalue weighted by molar-refractivity contribution is 5.71. The van der Waals surface area contributed by atoms with Crippen LogP contribution in [0.15, 0.2) is 18.3 Å². The number of likely N-dealkylation sites (N-methyl/N-ethyl adjacent to an activating group) is 1. The van der Waals surface area contributed by atoms with Crippen LogP contribution in [0.2, 0.25) is 0 Å². The fourth-order valence-electron chi connectivity index (χ4n) is 1.57. The molecule has 1 heterocycles. The summed E-state index contributed by atoms with van der Waals surface area (Å²) >= 11 is 0. The Hall–Kier alpha value is -1.46. The molecular formula is C12H19N3O2. The van der Waals surface area contributed by atoms with E-state index in [0.29, 0.717) is 19.7 Å². The van der Waals surface area contributed by atoms with Crippen LogP contribution in [0.5, 0.6) is 0 Å². The Morgan fingerprint density at radius 1 is 1.59 bits per heavy atom. The van der Waals surface area contributed by atoms with E-state index >= 15 is 0 Å². The SMILES string of the molecule is CCOC(=O)CN(C)Cc1cccnc1CN. The Labute approximate surface area is 102 Å². The molecule has 2 N–H and O–H groups in total. The van der Waals surface area contributed by atoms with Crippen molar-refractivity contribution in [2.45, 2.75) is 20.0 Å². The molecule has 0 saturated carbocycles. The lowest BCUT2D eigenvalue weighted by Crippen LogP contribution is -2.27. The Morgan fingerprint density at radius 3 is 3.00 bits per heavy atom. The van der Waals surface area contributed by atoms with Crippen molar-refractivity contribution >= 4 is 5.97 Å². The summed E-state index contributed by atoms with van der Waals surface area (Å²) in [5.41, 5.74) is 7.51. The highest BCUT2D eigenvalue weighted by Gasteiger charge is 2.09. The molecule has 0 aliphatic carbocycles. The van der Waals surface area contributed by atoms with Crippen LogP contribution in [-0.4, -0.2) is 36.1 Å². The first-order valence-electron chi connectivity index (χ1n) is 5.64. The van der Waals surface area contributed by atoms with E-state index in [-0.39, 0.29) is 12.5 Å². The topological polar surface area (TPSA) is 68.5 Å². The molecule has 1 aromatic rings. The van der Waals surface area contributed by atoms with Gasteiger partial charge in [-0.2, -0.15) is 0 Å². The second kappa shape index (κ2) is 6.98. The zero-order valence-electron chi connectivity index (χ0n) is 10.3. The molecule has 5 heteroatoms. The quantitative estimate of drug-likeness (QED) is 0.731. The molecular weight excluding hydrogens is 218 g/mol. The van der Waals surface area contributed by atoms with Crippen LogP contribution in [0.4, 0.5) is 0 Å². The van der Waals surface area contributed by atoms with Crippen molar-refractivity contribution in [2.24, 2.45) is 5.73 Å². The standard InChI is InChI=1S/C12H19N3O2/c1-3-17-12(16)9-15(2)8-10-5-4-6-14-11(10)7-13/h4-6H,3,7-9,13H2,1-2H3. The number of nitrogens with two attached hydrogens (primary N) is 1. The molecule has 0 unspecified atom stereocenters. The van der Waals surface area contributed by atoms with Crippen LogP contribution >= 0.6 is 0 Å². The van der Waals surface area contributed by atoms with Gasteiger partial charge in [0.2, 0.25) is 0 Å². The predicted octanol–water partition coefficient (Wildman–Crippen LogP) is 0.535. The summed E-state index contributed by atoms with van der Waals surface area (Å²) in [6.07, 6.45) is 1.72. The molecule has 0 aromatic carbocycles. The van der Waals surface area contributed by atoms with Crippen LogP contribution in [-0.2, 0) is 22.6 Å². The van der Waals surface area contributed by atoms with Crippen LogP contribution in [0.1, 0.15) is 18.2 Å². The third-order valence-electron chi connectivity index (χ3n) is 2.32. The lowest BCUT2D eigenvalue weighted by atomic mass is 10.2. The Morgan fingerprint density at radius 2 is 2.35 bits per heavy atom. The molecule has 1 aromatic heterocycles. The van der Waals surface area contributed by atoms with Crippen molar-refractivity contribution in [3.63, 3.8) is 0 Å². The molecule has 5 nitrogen and oxygen atoms in total. The Kier molecular flexibility index (Phi) is 5.59. The lowest BCUT2D eigenvalue weighted by molar-refractivity contribution is -0.144. The number of carbonyl (C=O) groups excluding carboxylic acids is 1. The van der Waals surface area contributed by atoms with E-state index in [2.05, 4.69) is 4.98 Å². The van der Waals surface area contributed by atoms with E-state index in [1.807, 2.05) is 24.1 Å². The highest BCUT2D eigenvalue weighted by Crippen LogP contribution is 2.07. The number of aromatic nitrogens is 1. The average molecular weight is 237 g/mol. The summed E-state index contributed by atoms with van der Waals surface area (Å²) in [4.78, 5) is 17.4. The van der Waals surface area contributed by atoms with Crippen LogP contribution in [0, 0.1) is 0 Å². The molecule has 0 radical (unpaired) electrons. The maximum Gasteiger partial charge on any atom is 0.320 e. The molecule has 1 rings (SSSR count). The Bertz CT molecular complexity index is 369. The number of hydrogen-bond donors (Lipinski definition) is 1. The van der Waals surface area contributed by atoms with Gasteiger partial charge in [-0.05, 0) is 25.6 Å². The smallest absolute Gasteiger partial charge is 0.320 e. The first kappa shape index (κ1) is 13.6. The van der Waals surface area contributed by atoms with Gasteiger partial charge >= 0.3 is 5.97 Å². The normalized spacial score (nSPS) is 10.6. The van der Waals surface area contributed by atoms with Gasteiger partial charge in [-0.3, -0.25) is 14.7 Å². The first-order chi connectivity index (χ1) is 8.17. The Balaban J connectivity index is 2.55. The number of nitrogens with zero attached hydrogens (tertiary/aromatic N) is 2. The lowest BCUT2D eigenvalue weighted by Gasteiger charge is -2.16. The molecule has 0 fully saturated rings. The van der Waals surface area contributed by atoms with Crippen molar-refractivity contribution in [2.75, 3.05) is 20.2 Å². The zero-order valence-corrected chi connectivity index (χ0v) is 10.3. The first-order valence-corrected chi connectivity index (χ1v) is 5.64. The summed E-state index contributed by atoms with van der Waals surface area (Å²) in [5, 5.41) is 0. The third kappa shape index (κ3) is 4.50. The second-order valence-corrected chi connectivity index (χ2v) is 3.79. The summed E-state index contributed by atoms with van der Waals surface area (Å²) in [6.45, 7) is 3.52. The van der Waals surface area contributed by atoms with Gasteiger partial charge < -0.3 is 10.5 Å². The maximum absolute atomic E-state index is 11.3. The molecule has 0 aliphatic heterocycles. The number of ether oxygens (including phenoxy) is 1. The fourth-order valence-corrected chi connectivity index (χ4v) is 1.57. The highest BCUT2D eigenvalue weighted by atomic mass is 16.5. The largest absolute Gasteiger partial charge is 0.465 e. The molecule has 0 bridgehead atoms. The minimum absolute atomic E-state index is 0.215. The molecule has 0 amide bonds. The minimum Gasteiger partial charge on any atom is -0.465 e. The van der Waals surface area contributed by atoms with Gasteiger partial charge in [0.1, 0.15) is 0 Å². The monoisotopic (exact) mass is 237 g/mol. The van der Waals surface area contributed by atoms with Crippen molar-refractivity contribution in [3.05, 3.63) is 29.6 Å². The van der Waals surface area contributed by atoms with E-state index < -0.39 is 0 Å². The second-order valence-electron chi connectivity index (χ2n) is 3.79. The van der Waals surface area contributed by atoms with Gasteiger partial charge in [-0.25, -0.2) is 0 Å². The molecule has 0 atom stereocenters. The molecule has 0 spiro atoms. The van der Waals surface area contributed by atoms with Crippen molar-refractivity contribution in [1.29, 1.82) is 0 Å². The van der Waals surface area contributed by atoms with Crippen LogP contribution < -0.4 is 5.73 Å². The summed E-state index contributed by atoms with van der Waals surface area (Å²) in [6, 6.07) is 3.84. The van der Waals surface area contributed by atoms with E-state index in [0.717, 1.165) is 11.3 Å². The summed E-state index contributed by atoms with van der Waals surface area (Å²) in [7, 11) is 1.87. The predicted molar refractivity (Wildman–Crippen MR) is 65.1 cm³/mol. The van der Waals surface area contributed by atoms with E-state index in [9.17, 15) is 4.79 Å². The van der Waals surface area contributed by atoms with Gasteiger partial charge in [0.25, 0.3) is 0 Å². The zero-order chi connectivity index (χ0) is 12.7. The number of carbonyl (C=O) groups is 1. The van der Waals surface area contributed by atoms with Crippen LogP contribution in [0.25, 0.3) is 0 Å². The molecule has 17 heavy (non-hydrogen) atoms. The molecule has 0 aliphatic rings. The minimum atomic E-state index is -0.215. The summed E-state index contributed by atoms with van der Waals surface area (Å²) < 4.78 is 4.89. The summed E-state index contributed by atoms with van der Waals surface area (Å²) in [5.74, 6) is -0.215. The van der Waals surface area contributed by atoms with Crippen LogP contribution in [0.3, 0.4) is 0 Å². The third-order valence-corrected chi connectivity index (χ3v) is 2.32. The van der Waals surface area contributed by atoms with E-state index in [4.69, 9.17) is 10.5 Å². The molecule has 0 saturated heterocycles.